The van der Waals surface area contributed by atoms with Gasteiger partial charge in [0.2, 0.25) is 0 Å². The fourth-order valence-corrected chi connectivity index (χ4v) is 2.49. The molecular formula is C14H20N2O2. The van der Waals surface area contributed by atoms with Gasteiger partial charge < -0.3 is 15.3 Å². The fraction of sp³-hybridized carbons (Fsp3) is 0.500. The Morgan fingerprint density at radius 1 is 1.44 bits per heavy atom. The number of nitrogens with zero attached hydrogens (tertiary/aromatic N) is 1. The van der Waals surface area contributed by atoms with Crippen molar-refractivity contribution < 1.29 is 9.90 Å². The summed E-state index contributed by atoms with van der Waals surface area (Å²) in [6.45, 7) is 5.17. The number of nitrogens with one attached hydrogen (secondary N) is 1. The van der Waals surface area contributed by atoms with E-state index in [4.69, 9.17) is 5.11 Å². The molecule has 1 saturated heterocycles. The lowest BCUT2D eigenvalue weighted by Gasteiger charge is -2.38. The molecule has 1 aromatic rings. The first kappa shape index (κ1) is 12.9. The zero-order valence-corrected chi connectivity index (χ0v) is 10.7. The van der Waals surface area contributed by atoms with E-state index < -0.39 is 5.97 Å². The van der Waals surface area contributed by atoms with Crippen molar-refractivity contribution in [2.24, 2.45) is 0 Å². The molecule has 2 rings (SSSR count). The number of anilines is 1. The number of carboxylic acid groups (broad SMARTS) is 1. The fourth-order valence-electron chi connectivity index (χ4n) is 2.49. The van der Waals surface area contributed by atoms with Gasteiger partial charge in [0, 0.05) is 31.4 Å². The van der Waals surface area contributed by atoms with E-state index in [0.29, 0.717) is 11.6 Å². The normalized spacial score (nSPS) is 19.8. The maximum absolute atomic E-state index is 10.8. The van der Waals surface area contributed by atoms with Crippen LogP contribution in [0.2, 0.25) is 0 Å². The zero-order chi connectivity index (χ0) is 13.0. The standard InChI is InChI=1S/C14H20N2O2/c1-2-3-13-10-15-8-9-16(13)12-6-4-11(5-7-12)14(17)18/h4-7,13,15H,2-3,8-10H2,1H3,(H,17,18)/t13-/m0/s1. The lowest BCUT2D eigenvalue weighted by molar-refractivity contribution is 0.0697. The molecule has 0 aromatic heterocycles. The maximum Gasteiger partial charge on any atom is 0.335 e. The smallest absolute Gasteiger partial charge is 0.335 e. The first-order chi connectivity index (χ1) is 8.72. The van der Waals surface area contributed by atoms with Crippen LogP contribution < -0.4 is 10.2 Å². The Kier molecular flexibility index (Phi) is 4.20. The summed E-state index contributed by atoms with van der Waals surface area (Å²) in [5, 5.41) is 12.3. The van der Waals surface area contributed by atoms with Gasteiger partial charge in [-0.2, -0.15) is 0 Å². The van der Waals surface area contributed by atoms with E-state index in [1.807, 2.05) is 12.1 Å². The van der Waals surface area contributed by atoms with Crippen molar-refractivity contribution in [2.45, 2.75) is 25.8 Å². The predicted molar refractivity (Wildman–Crippen MR) is 72.3 cm³/mol. The molecular weight excluding hydrogens is 228 g/mol. The molecule has 4 heteroatoms. The number of piperazine rings is 1. The second-order valence-electron chi connectivity index (χ2n) is 4.69. The minimum Gasteiger partial charge on any atom is -0.478 e. The quantitative estimate of drug-likeness (QED) is 0.855. The van der Waals surface area contributed by atoms with Crippen LogP contribution in [-0.4, -0.2) is 36.8 Å². The summed E-state index contributed by atoms with van der Waals surface area (Å²) in [6, 6.07) is 7.71. The second-order valence-corrected chi connectivity index (χ2v) is 4.69. The first-order valence-corrected chi connectivity index (χ1v) is 6.53. The highest BCUT2D eigenvalue weighted by Crippen LogP contribution is 2.21. The molecule has 0 saturated carbocycles. The lowest BCUT2D eigenvalue weighted by atomic mass is 10.1. The van der Waals surface area contributed by atoms with Crippen molar-refractivity contribution in [3.8, 4) is 0 Å². The molecule has 4 nitrogen and oxygen atoms in total. The first-order valence-electron chi connectivity index (χ1n) is 6.53. The molecule has 18 heavy (non-hydrogen) atoms. The van der Waals surface area contributed by atoms with Gasteiger partial charge in [-0.15, -0.1) is 0 Å². The Labute approximate surface area is 108 Å². The van der Waals surface area contributed by atoms with Crippen LogP contribution in [0.3, 0.4) is 0 Å². The van der Waals surface area contributed by atoms with E-state index in [2.05, 4.69) is 17.1 Å². The van der Waals surface area contributed by atoms with Crippen molar-refractivity contribution in [3.05, 3.63) is 29.8 Å². The van der Waals surface area contributed by atoms with Gasteiger partial charge in [-0.3, -0.25) is 0 Å². The van der Waals surface area contributed by atoms with Crippen LogP contribution in [0.4, 0.5) is 5.69 Å². The van der Waals surface area contributed by atoms with Crippen LogP contribution in [0, 0.1) is 0 Å². The minimum absolute atomic E-state index is 0.348. The SMILES string of the molecule is CCC[C@H]1CNCCN1c1ccc(C(=O)O)cc1. The maximum atomic E-state index is 10.8. The van der Waals surface area contributed by atoms with E-state index in [1.165, 1.54) is 0 Å². The van der Waals surface area contributed by atoms with Gasteiger partial charge in [0.15, 0.2) is 0 Å². The molecule has 0 radical (unpaired) electrons. The topological polar surface area (TPSA) is 52.6 Å². The Bertz CT molecular complexity index is 401. The summed E-state index contributed by atoms with van der Waals surface area (Å²) in [5.41, 5.74) is 1.47. The number of aromatic carboxylic acids is 1. The molecule has 0 spiro atoms. The van der Waals surface area contributed by atoms with Crippen LogP contribution in [0.1, 0.15) is 30.1 Å². The summed E-state index contributed by atoms with van der Waals surface area (Å²) in [4.78, 5) is 13.2. The number of rotatable bonds is 4. The van der Waals surface area contributed by atoms with E-state index in [9.17, 15) is 4.79 Å². The molecule has 0 aliphatic carbocycles. The third kappa shape index (κ3) is 2.82. The van der Waals surface area contributed by atoms with E-state index in [0.717, 1.165) is 38.2 Å². The van der Waals surface area contributed by atoms with E-state index in [-0.39, 0.29) is 0 Å². The Balaban J connectivity index is 2.15. The summed E-state index contributed by atoms with van der Waals surface area (Å²) >= 11 is 0. The molecule has 1 aliphatic rings. The number of carbonyl (C=O) groups is 1. The average Bonchev–Trinajstić information content (AvgIpc) is 2.40. The van der Waals surface area contributed by atoms with Crippen LogP contribution >= 0.6 is 0 Å². The molecule has 0 bridgehead atoms. The van der Waals surface area contributed by atoms with Crippen molar-refractivity contribution in [3.63, 3.8) is 0 Å². The summed E-state index contributed by atoms with van der Waals surface area (Å²) in [7, 11) is 0. The Morgan fingerprint density at radius 2 is 2.17 bits per heavy atom. The van der Waals surface area contributed by atoms with E-state index >= 15 is 0 Å². The average molecular weight is 248 g/mol. The highest BCUT2D eigenvalue weighted by molar-refractivity contribution is 5.88. The molecule has 1 heterocycles. The van der Waals surface area contributed by atoms with Crippen LogP contribution in [0.15, 0.2) is 24.3 Å². The second kappa shape index (κ2) is 5.87. The van der Waals surface area contributed by atoms with E-state index in [1.54, 1.807) is 12.1 Å². The van der Waals surface area contributed by atoms with Gasteiger partial charge in [-0.1, -0.05) is 13.3 Å². The molecule has 2 N–H and O–H groups in total. The molecule has 1 aromatic carbocycles. The summed E-state index contributed by atoms with van der Waals surface area (Å²) in [5.74, 6) is -0.869. The lowest BCUT2D eigenvalue weighted by Crippen LogP contribution is -2.51. The third-order valence-corrected chi connectivity index (χ3v) is 3.42. The van der Waals surface area contributed by atoms with Crippen molar-refractivity contribution in [1.82, 2.24) is 5.32 Å². The van der Waals surface area contributed by atoms with Gasteiger partial charge in [0.25, 0.3) is 0 Å². The van der Waals surface area contributed by atoms with Crippen LogP contribution in [-0.2, 0) is 0 Å². The van der Waals surface area contributed by atoms with Gasteiger partial charge in [0.1, 0.15) is 0 Å². The van der Waals surface area contributed by atoms with Crippen LogP contribution in [0.25, 0.3) is 0 Å². The number of hydrogen-bond donors (Lipinski definition) is 2. The zero-order valence-electron chi connectivity index (χ0n) is 10.7. The van der Waals surface area contributed by atoms with Gasteiger partial charge in [-0.05, 0) is 30.7 Å². The van der Waals surface area contributed by atoms with Crippen LogP contribution in [0.5, 0.6) is 0 Å². The monoisotopic (exact) mass is 248 g/mol. The number of hydrogen-bond acceptors (Lipinski definition) is 3. The molecule has 1 aliphatic heterocycles. The predicted octanol–water partition coefficient (Wildman–Crippen LogP) is 1.96. The highest BCUT2D eigenvalue weighted by atomic mass is 16.4. The minimum atomic E-state index is -0.869. The van der Waals surface area contributed by atoms with Crippen molar-refractivity contribution >= 4 is 11.7 Å². The van der Waals surface area contributed by atoms with Crippen molar-refractivity contribution in [1.29, 1.82) is 0 Å². The Morgan fingerprint density at radius 3 is 2.78 bits per heavy atom. The van der Waals surface area contributed by atoms with Gasteiger partial charge in [-0.25, -0.2) is 4.79 Å². The third-order valence-electron chi connectivity index (χ3n) is 3.42. The molecule has 0 amide bonds. The summed E-state index contributed by atoms with van der Waals surface area (Å²) < 4.78 is 0. The molecule has 1 atom stereocenters. The number of carboxylic acids is 1. The Hall–Kier alpha value is -1.55. The highest BCUT2D eigenvalue weighted by Gasteiger charge is 2.21. The van der Waals surface area contributed by atoms with Gasteiger partial charge in [0.05, 0.1) is 5.56 Å². The molecule has 98 valence electrons. The molecule has 0 unspecified atom stereocenters. The molecule has 1 fully saturated rings. The largest absolute Gasteiger partial charge is 0.478 e. The summed E-state index contributed by atoms with van der Waals surface area (Å²) in [6.07, 6.45) is 2.32. The number of benzene rings is 1. The van der Waals surface area contributed by atoms with Crippen molar-refractivity contribution in [2.75, 3.05) is 24.5 Å². The van der Waals surface area contributed by atoms with Gasteiger partial charge >= 0.3 is 5.97 Å².